The van der Waals surface area contributed by atoms with Crippen molar-refractivity contribution in [2.45, 2.75) is 18.2 Å². The van der Waals surface area contributed by atoms with E-state index in [0.29, 0.717) is 27.4 Å². The third kappa shape index (κ3) is 5.07. The first-order valence-electron chi connectivity index (χ1n) is 9.69. The number of carboxylic acids is 1. The number of fused-ring (bicyclic) bond motifs is 1. The first-order valence-corrected chi connectivity index (χ1v) is 12.3. The lowest BCUT2D eigenvalue weighted by molar-refractivity contribution is -0.136. The number of aryl methyl sites for hydroxylation is 1. The first kappa shape index (κ1) is 24.2. The predicted octanol–water partition coefficient (Wildman–Crippen LogP) is 6.05. The van der Waals surface area contributed by atoms with Crippen LogP contribution in [-0.4, -0.2) is 29.5 Å². The lowest BCUT2D eigenvalue weighted by Gasteiger charge is -2.16. The topological polar surface area (TPSA) is 121 Å². The van der Waals surface area contributed by atoms with Crippen molar-refractivity contribution in [2.75, 3.05) is 4.72 Å². The third-order valence-corrected chi connectivity index (χ3v) is 7.04. The van der Waals surface area contributed by atoms with E-state index in [1.165, 1.54) is 36.4 Å². The van der Waals surface area contributed by atoms with Crippen molar-refractivity contribution >= 4 is 67.5 Å². The Hall–Kier alpha value is -2.98. The highest BCUT2D eigenvalue weighted by Gasteiger charge is 2.24. The van der Waals surface area contributed by atoms with Crippen LogP contribution >= 0.6 is 34.8 Å². The van der Waals surface area contributed by atoms with Gasteiger partial charge in [-0.2, -0.15) is 0 Å². The standard InChI is InChI=1S/C22H16Cl3N3O5S/c1-11-26-16-4-6-18(33-17-5-2-13(23)8-12(17)9-20(29)30)22(21(16)27-11)28-34(31,32)19-7-3-14(24)10-15(19)25/h2-8,10,28H,9H2,1H3,(H,26,27)(H,29,30). The number of sulfonamides is 1. The molecule has 176 valence electrons. The summed E-state index contributed by atoms with van der Waals surface area (Å²) in [5, 5.41) is 9.80. The molecule has 0 unspecified atom stereocenters. The van der Waals surface area contributed by atoms with Gasteiger partial charge in [0.1, 0.15) is 27.7 Å². The lowest BCUT2D eigenvalue weighted by Crippen LogP contribution is -2.14. The van der Waals surface area contributed by atoms with Gasteiger partial charge >= 0.3 is 5.97 Å². The number of nitrogens with one attached hydrogen (secondary N) is 2. The second kappa shape index (κ2) is 9.34. The Labute approximate surface area is 209 Å². The fourth-order valence-electron chi connectivity index (χ4n) is 3.31. The molecular formula is C22H16Cl3N3O5S. The van der Waals surface area contributed by atoms with Crippen LogP contribution in [0.5, 0.6) is 11.5 Å². The largest absolute Gasteiger partial charge is 0.481 e. The zero-order chi connectivity index (χ0) is 24.6. The monoisotopic (exact) mass is 539 g/mol. The minimum atomic E-state index is -4.18. The summed E-state index contributed by atoms with van der Waals surface area (Å²) in [6.07, 6.45) is -0.346. The van der Waals surface area contributed by atoms with Crippen molar-refractivity contribution in [3.63, 3.8) is 0 Å². The highest BCUT2D eigenvalue weighted by molar-refractivity contribution is 7.92. The Kier molecular flexibility index (Phi) is 6.64. The highest BCUT2D eigenvalue weighted by atomic mass is 35.5. The Bertz CT molecular complexity index is 1540. The summed E-state index contributed by atoms with van der Waals surface area (Å²) >= 11 is 18.1. The molecule has 0 bridgehead atoms. The zero-order valence-corrected chi connectivity index (χ0v) is 20.5. The fourth-order valence-corrected chi connectivity index (χ4v) is 5.36. The Balaban J connectivity index is 1.83. The lowest BCUT2D eigenvalue weighted by atomic mass is 10.1. The smallest absolute Gasteiger partial charge is 0.307 e. The van der Waals surface area contributed by atoms with Crippen LogP contribution in [0, 0.1) is 6.92 Å². The van der Waals surface area contributed by atoms with Gasteiger partial charge in [-0.05, 0) is 55.5 Å². The van der Waals surface area contributed by atoms with Gasteiger partial charge in [-0.3, -0.25) is 9.52 Å². The molecule has 0 saturated heterocycles. The number of aliphatic carboxylic acids is 1. The minimum Gasteiger partial charge on any atom is -0.481 e. The van der Waals surface area contributed by atoms with E-state index >= 15 is 0 Å². The second-order valence-electron chi connectivity index (χ2n) is 7.26. The van der Waals surface area contributed by atoms with Gasteiger partial charge < -0.3 is 14.8 Å². The predicted molar refractivity (Wildman–Crippen MR) is 131 cm³/mol. The quantitative estimate of drug-likeness (QED) is 0.262. The molecule has 3 aromatic carbocycles. The summed E-state index contributed by atoms with van der Waals surface area (Å²) in [6.45, 7) is 1.72. The Morgan fingerprint density at radius 3 is 2.44 bits per heavy atom. The third-order valence-electron chi connectivity index (χ3n) is 4.74. The first-order chi connectivity index (χ1) is 16.0. The van der Waals surface area contributed by atoms with Crippen molar-refractivity contribution in [1.29, 1.82) is 0 Å². The number of nitrogens with zero attached hydrogens (tertiary/aromatic N) is 1. The number of aromatic nitrogens is 2. The van der Waals surface area contributed by atoms with Crippen LogP contribution < -0.4 is 9.46 Å². The Morgan fingerprint density at radius 2 is 1.74 bits per heavy atom. The molecule has 3 N–H and O–H groups in total. The molecule has 0 spiro atoms. The van der Waals surface area contributed by atoms with Crippen molar-refractivity contribution in [3.8, 4) is 11.5 Å². The summed E-state index contributed by atoms with van der Waals surface area (Å²) in [5.74, 6) is -0.232. The van der Waals surface area contributed by atoms with E-state index in [2.05, 4.69) is 14.7 Å². The molecule has 4 rings (SSSR count). The van der Waals surface area contributed by atoms with Crippen LogP contribution in [0.25, 0.3) is 11.0 Å². The number of rotatable bonds is 7. The minimum absolute atomic E-state index is 0.0455. The number of H-pyrrole nitrogens is 1. The molecule has 0 aliphatic carbocycles. The van der Waals surface area contributed by atoms with Crippen LogP contribution in [-0.2, 0) is 21.2 Å². The molecule has 0 radical (unpaired) electrons. The van der Waals surface area contributed by atoms with Gasteiger partial charge in [0.2, 0.25) is 0 Å². The van der Waals surface area contributed by atoms with Gasteiger partial charge in [0.05, 0.1) is 17.0 Å². The molecule has 1 aromatic heterocycles. The molecule has 4 aromatic rings. The van der Waals surface area contributed by atoms with E-state index in [1.807, 2.05) is 0 Å². The molecule has 0 aliphatic rings. The number of hydrogen-bond acceptors (Lipinski definition) is 5. The molecule has 0 atom stereocenters. The number of carbonyl (C=O) groups is 1. The molecule has 0 fully saturated rings. The zero-order valence-electron chi connectivity index (χ0n) is 17.4. The van der Waals surface area contributed by atoms with Crippen LogP contribution in [0.15, 0.2) is 53.4 Å². The molecule has 0 saturated carbocycles. The van der Waals surface area contributed by atoms with Gasteiger partial charge in [0.15, 0.2) is 5.75 Å². The van der Waals surface area contributed by atoms with Crippen LogP contribution in [0.4, 0.5) is 5.69 Å². The van der Waals surface area contributed by atoms with Crippen LogP contribution in [0.1, 0.15) is 11.4 Å². The summed E-state index contributed by atoms with van der Waals surface area (Å²) in [7, 11) is -4.18. The summed E-state index contributed by atoms with van der Waals surface area (Å²) in [4.78, 5) is 18.5. The van der Waals surface area contributed by atoms with E-state index in [0.717, 1.165) is 0 Å². The fraction of sp³-hybridized carbons (Fsp3) is 0.0909. The molecule has 12 heteroatoms. The van der Waals surface area contributed by atoms with E-state index in [1.54, 1.807) is 19.1 Å². The number of anilines is 1. The van der Waals surface area contributed by atoms with E-state index in [-0.39, 0.29) is 38.5 Å². The number of ether oxygens (including phenoxy) is 1. The normalized spacial score (nSPS) is 11.5. The number of halogens is 3. The maximum absolute atomic E-state index is 13.2. The summed E-state index contributed by atoms with van der Waals surface area (Å²) in [5.41, 5.74) is 1.22. The number of aromatic amines is 1. The van der Waals surface area contributed by atoms with Gasteiger partial charge in [-0.25, -0.2) is 13.4 Å². The molecule has 34 heavy (non-hydrogen) atoms. The Morgan fingerprint density at radius 1 is 1.06 bits per heavy atom. The van der Waals surface area contributed by atoms with Crippen LogP contribution in [0.2, 0.25) is 15.1 Å². The molecule has 8 nitrogen and oxygen atoms in total. The number of hydrogen-bond donors (Lipinski definition) is 3. The van der Waals surface area contributed by atoms with E-state index in [9.17, 15) is 18.3 Å². The van der Waals surface area contributed by atoms with Gasteiger partial charge in [0.25, 0.3) is 10.0 Å². The van der Waals surface area contributed by atoms with E-state index < -0.39 is 16.0 Å². The number of imidazole rings is 1. The number of carboxylic acid groups (broad SMARTS) is 1. The van der Waals surface area contributed by atoms with Gasteiger partial charge in [-0.15, -0.1) is 0 Å². The molecule has 1 heterocycles. The second-order valence-corrected chi connectivity index (χ2v) is 10.2. The molecular weight excluding hydrogens is 525 g/mol. The van der Waals surface area contributed by atoms with Crippen molar-refractivity contribution in [3.05, 3.63) is 75.0 Å². The average molecular weight is 541 g/mol. The number of benzene rings is 3. The van der Waals surface area contributed by atoms with Gasteiger partial charge in [0, 0.05) is 15.6 Å². The van der Waals surface area contributed by atoms with Crippen molar-refractivity contribution < 1.29 is 23.1 Å². The van der Waals surface area contributed by atoms with Crippen LogP contribution in [0.3, 0.4) is 0 Å². The van der Waals surface area contributed by atoms with Gasteiger partial charge in [-0.1, -0.05) is 34.8 Å². The highest BCUT2D eigenvalue weighted by Crippen LogP contribution is 2.39. The molecule has 0 aliphatic heterocycles. The van der Waals surface area contributed by atoms with Crippen molar-refractivity contribution in [1.82, 2.24) is 9.97 Å². The maximum Gasteiger partial charge on any atom is 0.307 e. The maximum atomic E-state index is 13.2. The summed E-state index contributed by atoms with van der Waals surface area (Å²) < 4.78 is 34.9. The SMILES string of the molecule is Cc1nc2c(NS(=O)(=O)c3ccc(Cl)cc3Cl)c(Oc3ccc(Cl)cc3CC(=O)O)ccc2[nH]1. The van der Waals surface area contributed by atoms with Crippen molar-refractivity contribution in [2.24, 2.45) is 0 Å². The average Bonchev–Trinajstić information content (AvgIpc) is 3.11. The van der Waals surface area contributed by atoms with E-state index in [4.69, 9.17) is 39.5 Å². The summed E-state index contributed by atoms with van der Waals surface area (Å²) in [6, 6.07) is 11.7. The molecule has 0 amide bonds.